The molecule has 0 aliphatic heterocycles. The van der Waals surface area contributed by atoms with Gasteiger partial charge in [0, 0.05) is 12.4 Å². The minimum Gasteiger partial charge on any atom is -0.345 e. The smallest absolute Gasteiger partial charge is 0.208 e. The molecule has 0 saturated heterocycles. The molecule has 3 rings (SSSR count). The summed E-state index contributed by atoms with van der Waals surface area (Å²) in [5, 5.41) is 9.51. The molecule has 0 radical (unpaired) electrons. The zero-order chi connectivity index (χ0) is 15.9. The van der Waals surface area contributed by atoms with Crippen molar-refractivity contribution in [3.8, 4) is 6.07 Å². The molecule has 0 atom stereocenters. The maximum Gasteiger partial charge on any atom is 0.208 e. The quantitative estimate of drug-likeness (QED) is 0.743. The lowest BCUT2D eigenvalue weighted by atomic mass is 10.2. The average Bonchev–Trinajstić information content (AvgIpc) is 2.90. The number of nitrogens with one attached hydrogen (secondary N) is 1. The van der Waals surface area contributed by atoms with Crippen molar-refractivity contribution in [1.82, 2.24) is 9.97 Å². The normalized spacial score (nSPS) is 11.5. The molecule has 3 aromatic rings. The van der Waals surface area contributed by atoms with Gasteiger partial charge in [-0.1, -0.05) is 17.7 Å². The van der Waals surface area contributed by atoms with Crippen molar-refractivity contribution < 1.29 is 8.42 Å². The predicted octanol–water partition coefficient (Wildman–Crippen LogP) is 3.34. The van der Waals surface area contributed by atoms with Crippen LogP contribution in [-0.2, 0) is 9.84 Å². The summed E-state index contributed by atoms with van der Waals surface area (Å²) in [5.74, 6) is 0. The summed E-state index contributed by atoms with van der Waals surface area (Å²) < 4.78 is 26.3. The van der Waals surface area contributed by atoms with Gasteiger partial charge in [0.15, 0.2) is 0 Å². The molecule has 0 bridgehead atoms. The Kier molecular flexibility index (Phi) is 3.51. The van der Waals surface area contributed by atoms with Gasteiger partial charge in [0.1, 0.15) is 11.7 Å². The Morgan fingerprint density at radius 1 is 1.27 bits per heavy atom. The van der Waals surface area contributed by atoms with Gasteiger partial charge in [-0.05, 0) is 35.0 Å². The van der Waals surface area contributed by atoms with Gasteiger partial charge in [-0.15, -0.1) is 0 Å². The number of aromatic amines is 1. The Labute approximate surface area is 135 Å². The second-order valence-electron chi connectivity index (χ2n) is 4.79. The number of aryl methyl sites for hydroxylation is 1. The summed E-state index contributed by atoms with van der Waals surface area (Å²) in [5.41, 5.74) is 1.58. The first kappa shape index (κ1) is 14.8. The molecule has 5 nitrogen and oxygen atoms in total. The molecule has 2 aromatic heterocycles. The number of hydrogen-bond acceptors (Lipinski definition) is 4. The second kappa shape index (κ2) is 5.23. The molecule has 1 N–H and O–H groups in total. The molecular weight excluding hydrogens is 366 g/mol. The maximum absolute atomic E-state index is 13.0. The van der Waals surface area contributed by atoms with Crippen LogP contribution >= 0.6 is 15.9 Å². The molecule has 0 amide bonds. The van der Waals surface area contributed by atoms with Gasteiger partial charge in [0.05, 0.1) is 25.2 Å². The Morgan fingerprint density at radius 3 is 2.59 bits per heavy atom. The number of fused-ring (bicyclic) bond motifs is 1. The zero-order valence-electron chi connectivity index (χ0n) is 11.5. The number of rotatable bonds is 2. The number of nitriles is 1. The van der Waals surface area contributed by atoms with Gasteiger partial charge < -0.3 is 4.98 Å². The first-order chi connectivity index (χ1) is 10.4. The number of hydrogen-bond donors (Lipinski definition) is 1. The van der Waals surface area contributed by atoms with Crippen molar-refractivity contribution in [2.75, 3.05) is 0 Å². The van der Waals surface area contributed by atoms with Crippen LogP contribution in [0.2, 0.25) is 0 Å². The third-order valence-electron chi connectivity index (χ3n) is 3.33. The van der Waals surface area contributed by atoms with Crippen molar-refractivity contribution in [3.63, 3.8) is 0 Å². The van der Waals surface area contributed by atoms with Gasteiger partial charge in [-0.3, -0.25) is 0 Å². The number of H-pyrrole nitrogens is 1. The third kappa shape index (κ3) is 2.21. The van der Waals surface area contributed by atoms with E-state index in [1.165, 1.54) is 12.4 Å². The van der Waals surface area contributed by atoms with E-state index < -0.39 is 9.84 Å². The summed E-state index contributed by atoms with van der Waals surface area (Å²) in [4.78, 5) is 7.17. The van der Waals surface area contributed by atoms with Gasteiger partial charge in [-0.2, -0.15) is 5.26 Å². The first-order valence-corrected chi connectivity index (χ1v) is 8.60. The molecule has 110 valence electrons. The minimum atomic E-state index is -3.77. The van der Waals surface area contributed by atoms with Crippen LogP contribution in [0.1, 0.15) is 11.1 Å². The molecule has 7 heteroatoms. The molecular formula is C15H10BrN3O2S. The lowest BCUT2D eigenvalue weighted by molar-refractivity contribution is 0.596. The molecule has 0 unspecified atom stereocenters. The van der Waals surface area contributed by atoms with Crippen LogP contribution < -0.4 is 0 Å². The topological polar surface area (TPSA) is 86.6 Å². The average molecular weight is 376 g/mol. The molecule has 0 aliphatic rings. The lowest BCUT2D eigenvalue weighted by Crippen LogP contribution is -2.05. The predicted molar refractivity (Wildman–Crippen MR) is 85.1 cm³/mol. The number of aromatic nitrogens is 2. The molecule has 0 saturated carbocycles. The summed E-state index contributed by atoms with van der Waals surface area (Å²) in [6, 6.07) is 8.58. The van der Waals surface area contributed by atoms with Crippen LogP contribution in [0.3, 0.4) is 0 Å². The van der Waals surface area contributed by atoms with E-state index in [1.54, 1.807) is 24.3 Å². The Hall–Kier alpha value is -2.17. The molecule has 0 aliphatic carbocycles. The van der Waals surface area contributed by atoms with Crippen LogP contribution in [0.25, 0.3) is 11.0 Å². The third-order valence-corrected chi connectivity index (χ3v) is 6.05. The Bertz CT molecular complexity index is 1020. The number of halogens is 1. The van der Waals surface area contributed by atoms with Crippen molar-refractivity contribution in [2.24, 2.45) is 0 Å². The van der Waals surface area contributed by atoms with E-state index in [-0.39, 0.29) is 15.4 Å². The Balaban J connectivity index is 2.38. The van der Waals surface area contributed by atoms with Crippen molar-refractivity contribution in [2.45, 2.75) is 16.7 Å². The van der Waals surface area contributed by atoms with Gasteiger partial charge in [-0.25, -0.2) is 13.4 Å². The second-order valence-corrected chi connectivity index (χ2v) is 7.53. The lowest BCUT2D eigenvalue weighted by Gasteiger charge is -2.09. The van der Waals surface area contributed by atoms with Crippen LogP contribution in [0.15, 0.2) is 50.9 Å². The van der Waals surface area contributed by atoms with E-state index in [0.29, 0.717) is 15.5 Å². The maximum atomic E-state index is 13.0. The molecule has 2 heterocycles. The summed E-state index contributed by atoms with van der Waals surface area (Å²) in [6.45, 7) is 1.89. The number of nitrogens with zero attached hydrogens (tertiary/aromatic N) is 2. The number of sulfone groups is 1. The van der Waals surface area contributed by atoms with E-state index >= 15 is 0 Å². The molecule has 0 spiro atoms. The fourth-order valence-electron chi connectivity index (χ4n) is 2.23. The minimum absolute atomic E-state index is 0.0548. The van der Waals surface area contributed by atoms with Crippen molar-refractivity contribution in [1.29, 1.82) is 5.26 Å². The molecule has 22 heavy (non-hydrogen) atoms. The highest BCUT2D eigenvalue weighted by molar-refractivity contribution is 9.10. The van der Waals surface area contributed by atoms with E-state index in [4.69, 9.17) is 0 Å². The van der Waals surface area contributed by atoms with Crippen LogP contribution in [0.5, 0.6) is 0 Å². The molecule has 0 fully saturated rings. The van der Waals surface area contributed by atoms with Crippen LogP contribution in [-0.4, -0.2) is 18.4 Å². The fraction of sp³-hybridized carbons (Fsp3) is 0.0667. The van der Waals surface area contributed by atoms with E-state index in [1.807, 2.05) is 13.0 Å². The summed E-state index contributed by atoms with van der Waals surface area (Å²) in [7, 11) is -3.77. The van der Waals surface area contributed by atoms with E-state index in [0.717, 1.165) is 5.56 Å². The fourth-order valence-corrected chi connectivity index (χ4v) is 4.68. The Morgan fingerprint density at radius 2 is 1.95 bits per heavy atom. The number of benzene rings is 1. The summed E-state index contributed by atoms with van der Waals surface area (Å²) in [6.07, 6.45) is 2.87. The van der Waals surface area contributed by atoms with Gasteiger partial charge in [0.25, 0.3) is 0 Å². The largest absolute Gasteiger partial charge is 0.345 e. The van der Waals surface area contributed by atoms with E-state index in [2.05, 4.69) is 25.9 Å². The summed E-state index contributed by atoms with van der Waals surface area (Å²) >= 11 is 3.25. The zero-order valence-corrected chi connectivity index (χ0v) is 13.9. The highest BCUT2D eigenvalue weighted by atomic mass is 79.9. The van der Waals surface area contributed by atoms with Crippen molar-refractivity contribution >= 4 is 36.8 Å². The van der Waals surface area contributed by atoms with Crippen LogP contribution in [0, 0.1) is 18.3 Å². The molecule has 1 aromatic carbocycles. The standard InChI is InChI=1S/C15H10BrN3O2S/c1-9-2-4-11(5-3-9)22(20,21)14-12(16)8-19-15-13(14)10(6-17)7-18-15/h2-5,7-8H,1H3,(H,18,19). The van der Waals surface area contributed by atoms with Crippen molar-refractivity contribution in [3.05, 3.63) is 52.3 Å². The first-order valence-electron chi connectivity index (χ1n) is 6.32. The van der Waals surface area contributed by atoms with Crippen LogP contribution in [0.4, 0.5) is 0 Å². The van der Waals surface area contributed by atoms with Gasteiger partial charge in [0.2, 0.25) is 9.84 Å². The van der Waals surface area contributed by atoms with Gasteiger partial charge >= 0.3 is 0 Å². The highest BCUT2D eigenvalue weighted by Gasteiger charge is 2.26. The highest BCUT2D eigenvalue weighted by Crippen LogP contribution is 2.34. The van der Waals surface area contributed by atoms with E-state index in [9.17, 15) is 13.7 Å². The SMILES string of the molecule is Cc1ccc(S(=O)(=O)c2c(Br)cnc3[nH]cc(C#N)c23)cc1. The number of pyridine rings is 1. The monoisotopic (exact) mass is 375 g/mol.